The average Bonchev–Trinajstić information content (AvgIpc) is 3.08. The molecule has 0 spiro atoms. The third-order valence-electron chi connectivity index (χ3n) is 4.88. The number of fused-ring (bicyclic) bond motifs is 1. The molecule has 0 fully saturated rings. The number of aromatic nitrogens is 3. The molecule has 2 aromatic heterocycles. The summed E-state index contributed by atoms with van der Waals surface area (Å²) in [7, 11) is 3.18. The number of anilines is 1. The zero-order chi connectivity index (χ0) is 20.5. The van der Waals surface area contributed by atoms with Gasteiger partial charge in [0.05, 0.1) is 19.9 Å². The lowest BCUT2D eigenvalue weighted by atomic mass is 9.96. The van der Waals surface area contributed by atoms with Crippen LogP contribution in [0, 0.1) is 18.3 Å². The first-order valence-corrected chi connectivity index (χ1v) is 9.00. The summed E-state index contributed by atoms with van der Waals surface area (Å²) < 4.78 is 12.8. The van der Waals surface area contributed by atoms with Crippen molar-refractivity contribution in [3.05, 3.63) is 59.8 Å². The summed E-state index contributed by atoms with van der Waals surface area (Å²) in [5.41, 5.74) is 10.4. The lowest BCUT2D eigenvalue weighted by molar-refractivity contribution is -0.632. The van der Waals surface area contributed by atoms with Crippen molar-refractivity contribution in [2.24, 2.45) is 0 Å². The van der Waals surface area contributed by atoms with E-state index in [2.05, 4.69) is 16.2 Å². The largest absolute Gasteiger partial charge is 0.497 e. The van der Waals surface area contributed by atoms with E-state index in [1.807, 2.05) is 54.1 Å². The predicted molar refractivity (Wildman–Crippen MR) is 110 cm³/mol. The topological polar surface area (TPSA) is 101 Å². The van der Waals surface area contributed by atoms with Gasteiger partial charge in [-0.2, -0.15) is 5.26 Å². The van der Waals surface area contributed by atoms with Crippen LogP contribution in [0.3, 0.4) is 0 Å². The van der Waals surface area contributed by atoms with Crippen LogP contribution in [0.4, 0.5) is 5.82 Å². The zero-order valence-electron chi connectivity index (χ0n) is 16.4. The predicted octanol–water partition coefficient (Wildman–Crippen LogP) is 3.29. The van der Waals surface area contributed by atoms with Gasteiger partial charge in [0.1, 0.15) is 28.5 Å². The summed E-state index contributed by atoms with van der Waals surface area (Å²) in [6.45, 7) is 1.94. The number of hydrogen-bond donors (Lipinski definition) is 2. The lowest BCUT2D eigenvalue weighted by Gasteiger charge is -2.12. The van der Waals surface area contributed by atoms with Crippen LogP contribution in [0.5, 0.6) is 11.5 Å². The fraction of sp³-hybridized carbons (Fsp3) is 0.136. The maximum Gasteiger partial charge on any atom is 0.359 e. The highest BCUT2D eigenvalue weighted by Crippen LogP contribution is 2.40. The van der Waals surface area contributed by atoms with Crippen molar-refractivity contribution in [3.63, 3.8) is 0 Å². The van der Waals surface area contributed by atoms with Crippen LogP contribution < -0.4 is 19.9 Å². The molecule has 0 saturated carbocycles. The minimum Gasteiger partial charge on any atom is -0.497 e. The second-order valence-electron chi connectivity index (χ2n) is 6.53. The second kappa shape index (κ2) is 7.17. The SMILES string of the molecule is COc1ccc(-c2c(C#N)c(N)nc3c2c(C)[nH][n+]3-c2ccccc2)c(OC)c1. The van der Waals surface area contributed by atoms with E-state index in [-0.39, 0.29) is 5.82 Å². The van der Waals surface area contributed by atoms with Gasteiger partial charge in [-0.1, -0.05) is 18.2 Å². The Morgan fingerprint density at radius 1 is 1.10 bits per heavy atom. The summed E-state index contributed by atoms with van der Waals surface area (Å²) in [6, 6.07) is 17.5. The van der Waals surface area contributed by atoms with Crippen molar-refractivity contribution in [1.29, 1.82) is 5.26 Å². The van der Waals surface area contributed by atoms with Crippen molar-refractivity contribution in [2.45, 2.75) is 6.92 Å². The molecule has 0 amide bonds. The molecule has 0 atom stereocenters. The Morgan fingerprint density at radius 2 is 1.86 bits per heavy atom. The van der Waals surface area contributed by atoms with Crippen molar-refractivity contribution < 1.29 is 14.2 Å². The van der Waals surface area contributed by atoms with E-state index in [0.717, 1.165) is 22.3 Å². The molecule has 0 aliphatic heterocycles. The number of nitriles is 1. The third-order valence-corrected chi connectivity index (χ3v) is 4.88. The Kier molecular flexibility index (Phi) is 4.53. The smallest absolute Gasteiger partial charge is 0.359 e. The van der Waals surface area contributed by atoms with Crippen LogP contribution in [-0.4, -0.2) is 24.3 Å². The van der Waals surface area contributed by atoms with Gasteiger partial charge in [0, 0.05) is 17.2 Å². The van der Waals surface area contributed by atoms with Crippen molar-refractivity contribution in [1.82, 2.24) is 10.1 Å². The first-order chi connectivity index (χ1) is 14.1. The molecule has 4 rings (SSSR count). The third kappa shape index (κ3) is 2.91. The van der Waals surface area contributed by atoms with Gasteiger partial charge in [-0.3, -0.25) is 0 Å². The van der Waals surface area contributed by atoms with Gasteiger partial charge >= 0.3 is 5.65 Å². The van der Waals surface area contributed by atoms with E-state index in [0.29, 0.717) is 28.3 Å². The van der Waals surface area contributed by atoms with Crippen LogP contribution in [0.1, 0.15) is 11.3 Å². The number of ether oxygens (including phenoxy) is 2. The molecular weight excluding hydrogens is 366 g/mol. The standard InChI is InChI=1S/C22H19N5O2/c1-13-19-20(16-10-9-15(28-2)11-18(16)29-3)17(12-23)21(24)25-22(19)27(26-13)14-7-5-4-6-8-14/h4-11H,1-3H3,(H2,24,25,26)/p+1. The van der Waals surface area contributed by atoms with E-state index in [4.69, 9.17) is 15.2 Å². The summed E-state index contributed by atoms with van der Waals surface area (Å²) in [5, 5.41) is 14.0. The molecule has 7 heteroatoms. The minimum absolute atomic E-state index is 0.163. The summed E-state index contributed by atoms with van der Waals surface area (Å²) in [5.74, 6) is 1.41. The number of nitrogens with zero attached hydrogens (tertiary/aromatic N) is 3. The van der Waals surface area contributed by atoms with Gasteiger partial charge in [-0.25, -0.2) is 5.10 Å². The average molecular weight is 386 g/mol. The number of para-hydroxylation sites is 1. The Bertz CT molecular complexity index is 1260. The second-order valence-corrected chi connectivity index (χ2v) is 6.53. The lowest BCUT2D eigenvalue weighted by Crippen LogP contribution is -2.33. The number of aryl methyl sites for hydroxylation is 1. The molecule has 3 N–H and O–H groups in total. The molecule has 0 unspecified atom stereocenters. The fourth-order valence-electron chi connectivity index (χ4n) is 3.54. The molecule has 29 heavy (non-hydrogen) atoms. The molecule has 2 aromatic carbocycles. The zero-order valence-corrected chi connectivity index (χ0v) is 16.4. The van der Waals surface area contributed by atoms with Gasteiger partial charge in [-0.05, 0) is 36.2 Å². The number of H-pyrrole nitrogens is 1. The van der Waals surface area contributed by atoms with Crippen LogP contribution in [0.2, 0.25) is 0 Å². The molecule has 0 aliphatic carbocycles. The normalized spacial score (nSPS) is 10.7. The number of aromatic amines is 1. The molecule has 4 aromatic rings. The number of rotatable bonds is 4. The minimum atomic E-state index is 0.163. The van der Waals surface area contributed by atoms with E-state index >= 15 is 0 Å². The number of nitrogens with one attached hydrogen (secondary N) is 1. The van der Waals surface area contributed by atoms with Gasteiger partial charge in [0.25, 0.3) is 5.82 Å². The molecule has 0 saturated heterocycles. The molecule has 0 bridgehead atoms. The van der Waals surface area contributed by atoms with Crippen molar-refractivity contribution in [3.8, 4) is 34.4 Å². The van der Waals surface area contributed by atoms with Crippen LogP contribution in [0.15, 0.2) is 48.5 Å². The molecule has 0 radical (unpaired) electrons. The summed E-state index contributed by atoms with van der Waals surface area (Å²) in [4.78, 5) is 4.54. The Balaban J connectivity index is 2.12. The highest BCUT2D eigenvalue weighted by molar-refractivity contribution is 6.00. The van der Waals surface area contributed by atoms with Gasteiger partial charge in [0.2, 0.25) is 0 Å². The van der Waals surface area contributed by atoms with E-state index in [1.54, 1.807) is 20.3 Å². The Labute approximate surface area is 167 Å². The number of pyridine rings is 1. The first-order valence-electron chi connectivity index (χ1n) is 9.00. The van der Waals surface area contributed by atoms with E-state index < -0.39 is 0 Å². The molecule has 2 heterocycles. The molecule has 0 aliphatic rings. The monoisotopic (exact) mass is 386 g/mol. The number of methoxy groups -OCH3 is 2. The van der Waals surface area contributed by atoms with Gasteiger partial charge in [0.15, 0.2) is 5.69 Å². The van der Waals surface area contributed by atoms with E-state index in [9.17, 15) is 5.26 Å². The number of benzene rings is 2. The van der Waals surface area contributed by atoms with Crippen LogP contribution in [0.25, 0.3) is 27.8 Å². The maximum atomic E-state index is 9.85. The van der Waals surface area contributed by atoms with Gasteiger partial charge in [-0.15, -0.1) is 4.68 Å². The Hall–Kier alpha value is -4.05. The maximum absolute atomic E-state index is 9.85. The number of nitrogens with two attached hydrogens (primary N) is 1. The molecular formula is C22H20N5O2+. The number of nitrogen functional groups attached to an aromatic ring is 1. The fourth-order valence-corrected chi connectivity index (χ4v) is 3.54. The van der Waals surface area contributed by atoms with Crippen LogP contribution >= 0.6 is 0 Å². The van der Waals surface area contributed by atoms with Gasteiger partial charge < -0.3 is 15.2 Å². The highest BCUT2D eigenvalue weighted by Gasteiger charge is 2.29. The Morgan fingerprint density at radius 3 is 2.52 bits per heavy atom. The summed E-state index contributed by atoms with van der Waals surface area (Å²) >= 11 is 0. The first kappa shape index (κ1) is 18.3. The van der Waals surface area contributed by atoms with Crippen molar-refractivity contribution in [2.75, 3.05) is 20.0 Å². The highest BCUT2D eigenvalue weighted by atomic mass is 16.5. The summed E-state index contributed by atoms with van der Waals surface area (Å²) in [6.07, 6.45) is 0. The van der Waals surface area contributed by atoms with Crippen molar-refractivity contribution >= 4 is 16.9 Å². The number of hydrogen-bond acceptors (Lipinski definition) is 5. The van der Waals surface area contributed by atoms with E-state index in [1.165, 1.54) is 0 Å². The molecule has 7 nitrogen and oxygen atoms in total. The quantitative estimate of drug-likeness (QED) is 0.524. The molecule has 144 valence electrons. The van der Waals surface area contributed by atoms with Crippen LogP contribution in [-0.2, 0) is 0 Å².